The van der Waals surface area contributed by atoms with Gasteiger partial charge in [0.15, 0.2) is 5.96 Å². The second-order valence-electron chi connectivity index (χ2n) is 7.14. The third-order valence-electron chi connectivity index (χ3n) is 5.02. The molecule has 1 aliphatic rings. The Kier molecular flexibility index (Phi) is 8.75. The van der Waals surface area contributed by atoms with Gasteiger partial charge in [-0.25, -0.2) is 4.99 Å². The number of hydrogen-bond donors (Lipinski definition) is 2. The summed E-state index contributed by atoms with van der Waals surface area (Å²) in [5.41, 5.74) is 1.54. The van der Waals surface area contributed by atoms with Gasteiger partial charge in [0.2, 0.25) is 0 Å². The molecular weight excluding hydrogens is 326 g/mol. The fourth-order valence-electron chi connectivity index (χ4n) is 3.25. The van der Waals surface area contributed by atoms with Gasteiger partial charge in [-0.15, -0.1) is 0 Å². The monoisotopic (exact) mass is 361 g/mol. The van der Waals surface area contributed by atoms with Crippen molar-refractivity contribution < 1.29 is 9.47 Å². The fraction of sp³-hybridized carbons (Fsp3) is 0.667. The van der Waals surface area contributed by atoms with E-state index in [4.69, 9.17) is 14.5 Å². The SMILES string of the molecule is CCCOc1cccc(CN=C(NCC)NCC2(CCOC)CCC2)c1. The van der Waals surface area contributed by atoms with Crippen molar-refractivity contribution in [3.8, 4) is 5.75 Å². The van der Waals surface area contributed by atoms with Crippen LogP contribution in [0, 0.1) is 5.41 Å². The minimum absolute atomic E-state index is 0.375. The van der Waals surface area contributed by atoms with Gasteiger partial charge in [-0.3, -0.25) is 0 Å². The summed E-state index contributed by atoms with van der Waals surface area (Å²) in [6.45, 7) is 8.26. The van der Waals surface area contributed by atoms with Crippen LogP contribution < -0.4 is 15.4 Å². The average molecular weight is 362 g/mol. The second-order valence-corrected chi connectivity index (χ2v) is 7.14. The van der Waals surface area contributed by atoms with Gasteiger partial charge in [-0.05, 0) is 55.7 Å². The highest BCUT2D eigenvalue weighted by Gasteiger charge is 2.36. The van der Waals surface area contributed by atoms with Crippen LogP contribution in [0.2, 0.25) is 0 Å². The molecule has 0 atom stereocenters. The summed E-state index contributed by atoms with van der Waals surface area (Å²) in [5, 5.41) is 6.90. The highest BCUT2D eigenvalue weighted by Crippen LogP contribution is 2.43. The van der Waals surface area contributed by atoms with Crippen LogP contribution >= 0.6 is 0 Å². The first-order valence-electron chi connectivity index (χ1n) is 9.94. The van der Waals surface area contributed by atoms with Crippen LogP contribution in [0.1, 0.15) is 51.5 Å². The molecule has 0 bridgehead atoms. The van der Waals surface area contributed by atoms with E-state index < -0.39 is 0 Å². The number of hydrogen-bond acceptors (Lipinski definition) is 3. The molecule has 5 heteroatoms. The molecule has 0 aliphatic heterocycles. The summed E-state index contributed by atoms with van der Waals surface area (Å²) >= 11 is 0. The van der Waals surface area contributed by atoms with Crippen molar-refractivity contribution in [2.75, 3.05) is 33.4 Å². The molecule has 1 aliphatic carbocycles. The maximum atomic E-state index is 5.71. The Labute approximate surface area is 158 Å². The van der Waals surface area contributed by atoms with Gasteiger partial charge in [-0.1, -0.05) is 25.5 Å². The first kappa shape index (κ1) is 20.6. The zero-order valence-corrected chi connectivity index (χ0v) is 16.6. The molecule has 1 fully saturated rings. The van der Waals surface area contributed by atoms with E-state index in [-0.39, 0.29) is 0 Å². The van der Waals surface area contributed by atoms with E-state index in [1.165, 1.54) is 19.3 Å². The molecule has 146 valence electrons. The van der Waals surface area contributed by atoms with Gasteiger partial charge >= 0.3 is 0 Å². The first-order chi connectivity index (χ1) is 12.7. The van der Waals surface area contributed by atoms with Crippen molar-refractivity contribution in [2.24, 2.45) is 10.4 Å². The van der Waals surface area contributed by atoms with Crippen molar-refractivity contribution >= 4 is 5.96 Å². The van der Waals surface area contributed by atoms with Gasteiger partial charge in [0.1, 0.15) is 5.75 Å². The highest BCUT2D eigenvalue weighted by molar-refractivity contribution is 5.79. The summed E-state index contributed by atoms with van der Waals surface area (Å²) in [7, 11) is 1.78. The van der Waals surface area contributed by atoms with Crippen LogP contribution in [0.25, 0.3) is 0 Å². The first-order valence-corrected chi connectivity index (χ1v) is 9.94. The standard InChI is InChI=1S/C21H35N3O2/c1-4-13-26-19-9-6-8-18(15-19)16-23-20(22-5-2)24-17-21(10-7-11-21)12-14-25-3/h6,8-9,15H,4-5,7,10-14,16-17H2,1-3H3,(H2,22,23,24). The summed E-state index contributed by atoms with van der Waals surface area (Å²) in [5.74, 6) is 1.81. The van der Waals surface area contributed by atoms with Crippen LogP contribution in [-0.2, 0) is 11.3 Å². The van der Waals surface area contributed by atoms with Crippen LogP contribution in [0.3, 0.4) is 0 Å². The zero-order valence-electron chi connectivity index (χ0n) is 16.6. The lowest BCUT2D eigenvalue weighted by atomic mass is 9.67. The van der Waals surface area contributed by atoms with Crippen LogP contribution in [-0.4, -0.2) is 39.4 Å². The fourth-order valence-corrected chi connectivity index (χ4v) is 3.25. The molecule has 1 aromatic carbocycles. The summed E-state index contributed by atoms with van der Waals surface area (Å²) in [6, 6.07) is 8.21. The van der Waals surface area contributed by atoms with Crippen molar-refractivity contribution in [3.63, 3.8) is 0 Å². The minimum atomic E-state index is 0.375. The number of benzene rings is 1. The smallest absolute Gasteiger partial charge is 0.191 e. The number of aliphatic imine (C=N–C) groups is 1. The van der Waals surface area contributed by atoms with Crippen molar-refractivity contribution in [1.82, 2.24) is 10.6 Å². The molecule has 5 nitrogen and oxygen atoms in total. The molecule has 2 N–H and O–H groups in total. The van der Waals surface area contributed by atoms with E-state index in [2.05, 4.69) is 36.6 Å². The number of nitrogens with one attached hydrogen (secondary N) is 2. The van der Waals surface area contributed by atoms with Crippen molar-refractivity contribution in [2.45, 2.75) is 52.5 Å². The van der Waals surface area contributed by atoms with E-state index in [1.54, 1.807) is 7.11 Å². The van der Waals surface area contributed by atoms with Crippen molar-refractivity contribution in [1.29, 1.82) is 0 Å². The topological polar surface area (TPSA) is 54.9 Å². The molecule has 0 aromatic heterocycles. The molecule has 1 aromatic rings. The number of guanidine groups is 1. The van der Waals surface area contributed by atoms with Gasteiger partial charge < -0.3 is 20.1 Å². The van der Waals surface area contributed by atoms with E-state index >= 15 is 0 Å². The summed E-state index contributed by atoms with van der Waals surface area (Å²) in [4.78, 5) is 4.75. The predicted octanol–water partition coefficient (Wildman–Crippen LogP) is 3.74. The van der Waals surface area contributed by atoms with E-state index in [0.717, 1.165) is 56.4 Å². The minimum Gasteiger partial charge on any atom is -0.494 e. The maximum absolute atomic E-state index is 5.71. The summed E-state index contributed by atoms with van der Waals surface area (Å²) < 4.78 is 11.0. The van der Waals surface area contributed by atoms with Gasteiger partial charge in [0.05, 0.1) is 13.2 Å². The third kappa shape index (κ3) is 6.52. The van der Waals surface area contributed by atoms with E-state index in [0.29, 0.717) is 12.0 Å². The Morgan fingerprint density at radius 3 is 2.69 bits per heavy atom. The van der Waals surface area contributed by atoms with E-state index in [9.17, 15) is 0 Å². The number of methoxy groups -OCH3 is 1. The Morgan fingerprint density at radius 1 is 1.19 bits per heavy atom. The molecule has 0 radical (unpaired) electrons. The molecular formula is C21H35N3O2. The molecule has 1 saturated carbocycles. The van der Waals surface area contributed by atoms with Crippen LogP contribution in [0.15, 0.2) is 29.3 Å². The average Bonchev–Trinajstić information content (AvgIpc) is 2.63. The molecule has 0 saturated heterocycles. The molecule has 0 heterocycles. The maximum Gasteiger partial charge on any atom is 0.191 e. The molecule has 0 spiro atoms. The van der Waals surface area contributed by atoms with Gasteiger partial charge in [0.25, 0.3) is 0 Å². The van der Waals surface area contributed by atoms with Crippen LogP contribution in [0.4, 0.5) is 0 Å². The lowest BCUT2D eigenvalue weighted by Crippen LogP contribution is -2.46. The Balaban J connectivity index is 1.91. The molecule has 0 amide bonds. The van der Waals surface area contributed by atoms with Gasteiger partial charge in [0, 0.05) is 26.8 Å². The number of rotatable bonds is 11. The predicted molar refractivity (Wildman–Crippen MR) is 108 cm³/mol. The van der Waals surface area contributed by atoms with Crippen molar-refractivity contribution in [3.05, 3.63) is 29.8 Å². The zero-order chi connectivity index (χ0) is 18.7. The third-order valence-corrected chi connectivity index (χ3v) is 5.02. The molecule has 26 heavy (non-hydrogen) atoms. The Morgan fingerprint density at radius 2 is 2.04 bits per heavy atom. The lowest BCUT2D eigenvalue weighted by molar-refractivity contribution is 0.0732. The number of nitrogens with zero attached hydrogens (tertiary/aromatic N) is 1. The lowest BCUT2D eigenvalue weighted by Gasteiger charge is -2.42. The number of ether oxygens (including phenoxy) is 2. The quantitative estimate of drug-likeness (QED) is 0.466. The van der Waals surface area contributed by atoms with Gasteiger partial charge in [-0.2, -0.15) is 0 Å². The normalized spacial score (nSPS) is 16.0. The van der Waals surface area contributed by atoms with E-state index in [1.807, 2.05) is 12.1 Å². The highest BCUT2D eigenvalue weighted by atomic mass is 16.5. The Bertz CT molecular complexity index is 556. The largest absolute Gasteiger partial charge is 0.494 e. The molecule has 0 unspecified atom stereocenters. The molecule has 2 rings (SSSR count). The second kappa shape index (κ2) is 11.1. The Hall–Kier alpha value is -1.75. The summed E-state index contributed by atoms with van der Waals surface area (Å²) in [6.07, 6.45) is 6.01. The van der Waals surface area contributed by atoms with Crippen LogP contribution in [0.5, 0.6) is 5.75 Å².